The summed E-state index contributed by atoms with van der Waals surface area (Å²) in [5.41, 5.74) is 1.63. The van der Waals surface area contributed by atoms with Crippen LogP contribution in [0, 0.1) is 0 Å². The van der Waals surface area contributed by atoms with Gasteiger partial charge in [-0.15, -0.1) is 0 Å². The van der Waals surface area contributed by atoms with Gasteiger partial charge in [-0.1, -0.05) is 43.7 Å². The quantitative estimate of drug-likeness (QED) is 0.696. The molecule has 0 spiro atoms. The van der Waals surface area contributed by atoms with Gasteiger partial charge in [-0.25, -0.2) is 0 Å². The first kappa shape index (κ1) is 20.5. The van der Waals surface area contributed by atoms with Gasteiger partial charge in [-0.2, -0.15) is 0 Å². The summed E-state index contributed by atoms with van der Waals surface area (Å²) in [5, 5.41) is 2.87. The van der Waals surface area contributed by atoms with E-state index in [2.05, 4.69) is 12.2 Å². The van der Waals surface area contributed by atoms with Crippen LogP contribution in [-0.4, -0.2) is 36.9 Å². The van der Waals surface area contributed by atoms with Crippen LogP contribution in [0.4, 0.5) is 0 Å². The summed E-state index contributed by atoms with van der Waals surface area (Å²) in [6.45, 7) is 3.64. The Kier molecular flexibility index (Phi) is 8.36. The van der Waals surface area contributed by atoms with Gasteiger partial charge in [0.05, 0.1) is 13.0 Å². The summed E-state index contributed by atoms with van der Waals surface area (Å²) in [5.74, 6) is 0.719. The predicted molar refractivity (Wildman–Crippen MR) is 107 cm³/mol. The summed E-state index contributed by atoms with van der Waals surface area (Å²) in [6.07, 6.45) is 2.36. The predicted octanol–water partition coefficient (Wildman–Crippen LogP) is 3.64. The second kappa shape index (κ2) is 11.0. The van der Waals surface area contributed by atoms with E-state index in [9.17, 15) is 9.59 Å². The Morgan fingerprint density at radius 3 is 2.41 bits per heavy atom. The number of amides is 2. The number of carbonyl (C=O) groups is 2. The van der Waals surface area contributed by atoms with Crippen molar-refractivity contribution in [2.24, 2.45) is 0 Å². The highest BCUT2D eigenvalue weighted by molar-refractivity contribution is 5.94. The van der Waals surface area contributed by atoms with Gasteiger partial charge in [-0.3, -0.25) is 9.59 Å². The highest BCUT2D eigenvalue weighted by atomic mass is 16.5. The van der Waals surface area contributed by atoms with E-state index in [0.717, 1.165) is 30.7 Å². The van der Waals surface area contributed by atoms with E-state index in [4.69, 9.17) is 4.74 Å². The fraction of sp³-hybridized carbons (Fsp3) is 0.364. The average Bonchev–Trinajstić information content (AvgIpc) is 2.71. The number of para-hydroxylation sites is 1. The van der Waals surface area contributed by atoms with E-state index in [1.807, 2.05) is 61.6 Å². The standard InChI is InChI=1S/C22H28N2O3/c1-3-4-15-24(2)22(26)19-12-10-18(11-13-19)17-23-21(25)14-16-27-20-8-6-5-7-9-20/h5-13H,3-4,14-17H2,1-2H3,(H,23,25). The van der Waals surface area contributed by atoms with Crippen LogP contribution in [-0.2, 0) is 11.3 Å². The summed E-state index contributed by atoms with van der Waals surface area (Å²) in [6, 6.07) is 16.8. The number of hydrogen-bond acceptors (Lipinski definition) is 3. The first-order valence-corrected chi connectivity index (χ1v) is 9.39. The Morgan fingerprint density at radius 1 is 1.04 bits per heavy atom. The van der Waals surface area contributed by atoms with E-state index < -0.39 is 0 Å². The van der Waals surface area contributed by atoms with Crippen LogP contribution >= 0.6 is 0 Å². The second-order valence-corrected chi connectivity index (χ2v) is 6.47. The Hall–Kier alpha value is -2.82. The lowest BCUT2D eigenvalue weighted by Crippen LogP contribution is -2.27. The lowest BCUT2D eigenvalue weighted by atomic mass is 10.1. The first-order valence-electron chi connectivity index (χ1n) is 9.39. The van der Waals surface area contributed by atoms with Crippen LogP contribution in [0.5, 0.6) is 5.75 Å². The minimum Gasteiger partial charge on any atom is -0.493 e. The molecule has 144 valence electrons. The molecule has 0 fully saturated rings. The molecule has 0 aliphatic heterocycles. The fourth-order valence-electron chi connectivity index (χ4n) is 2.55. The molecular formula is C22H28N2O3. The third-order valence-electron chi connectivity index (χ3n) is 4.23. The molecule has 27 heavy (non-hydrogen) atoms. The third-order valence-corrected chi connectivity index (χ3v) is 4.23. The number of nitrogens with one attached hydrogen (secondary N) is 1. The third kappa shape index (κ3) is 7.13. The number of benzene rings is 2. The Morgan fingerprint density at radius 2 is 1.74 bits per heavy atom. The number of hydrogen-bond donors (Lipinski definition) is 1. The molecule has 5 heteroatoms. The molecule has 0 saturated heterocycles. The van der Waals surface area contributed by atoms with Crippen LogP contribution in [0.25, 0.3) is 0 Å². The van der Waals surface area contributed by atoms with Crippen molar-refractivity contribution >= 4 is 11.8 Å². The van der Waals surface area contributed by atoms with Crippen molar-refractivity contribution < 1.29 is 14.3 Å². The molecule has 1 N–H and O–H groups in total. The molecule has 5 nitrogen and oxygen atoms in total. The van der Waals surface area contributed by atoms with Gasteiger partial charge < -0.3 is 15.0 Å². The molecule has 0 bridgehead atoms. The Bertz CT molecular complexity index is 714. The smallest absolute Gasteiger partial charge is 0.253 e. The van der Waals surface area contributed by atoms with Gasteiger partial charge in [0.25, 0.3) is 5.91 Å². The van der Waals surface area contributed by atoms with Crippen molar-refractivity contribution in [3.63, 3.8) is 0 Å². The zero-order valence-corrected chi connectivity index (χ0v) is 16.1. The van der Waals surface area contributed by atoms with Gasteiger partial charge in [0.2, 0.25) is 5.91 Å². The minimum absolute atomic E-state index is 0.0251. The van der Waals surface area contributed by atoms with Crippen molar-refractivity contribution in [2.45, 2.75) is 32.7 Å². The number of nitrogens with zero attached hydrogens (tertiary/aromatic N) is 1. The molecule has 0 heterocycles. The lowest BCUT2D eigenvalue weighted by molar-refractivity contribution is -0.121. The van der Waals surface area contributed by atoms with Crippen molar-refractivity contribution in [1.82, 2.24) is 10.2 Å². The number of carbonyl (C=O) groups excluding carboxylic acids is 2. The normalized spacial score (nSPS) is 10.3. The zero-order chi connectivity index (χ0) is 19.5. The monoisotopic (exact) mass is 368 g/mol. The molecule has 0 aliphatic carbocycles. The minimum atomic E-state index is -0.0645. The molecule has 0 atom stereocenters. The summed E-state index contributed by atoms with van der Waals surface area (Å²) >= 11 is 0. The molecule has 2 amide bonds. The SMILES string of the molecule is CCCCN(C)C(=O)c1ccc(CNC(=O)CCOc2ccccc2)cc1. The summed E-state index contributed by atoms with van der Waals surface area (Å²) in [4.78, 5) is 26.0. The van der Waals surface area contributed by atoms with E-state index >= 15 is 0 Å². The van der Waals surface area contributed by atoms with Gasteiger partial charge in [0.15, 0.2) is 0 Å². The highest BCUT2D eigenvalue weighted by Crippen LogP contribution is 2.09. The van der Waals surface area contributed by atoms with Crippen molar-refractivity contribution in [2.75, 3.05) is 20.2 Å². The van der Waals surface area contributed by atoms with E-state index in [0.29, 0.717) is 25.1 Å². The maximum atomic E-state index is 12.3. The van der Waals surface area contributed by atoms with Gasteiger partial charge in [0, 0.05) is 25.7 Å². The maximum Gasteiger partial charge on any atom is 0.253 e. The summed E-state index contributed by atoms with van der Waals surface area (Å²) in [7, 11) is 1.82. The molecule has 0 radical (unpaired) electrons. The van der Waals surface area contributed by atoms with Crippen molar-refractivity contribution in [1.29, 1.82) is 0 Å². The maximum absolute atomic E-state index is 12.3. The van der Waals surface area contributed by atoms with Gasteiger partial charge >= 0.3 is 0 Å². The largest absolute Gasteiger partial charge is 0.493 e. The molecule has 0 unspecified atom stereocenters. The lowest BCUT2D eigenvalue weighted by Gasteiger charge is -2.17. The average molecular weight is 368 g/mol. The topological polar surface area (TPSA) is 58.6 Å². The van der Waals surface area contributed by atoms with E-state index in [-0.39, 0.29) is 11.8 Å². The van der Waals surface area contributed by atoms with Crippen molar-refractivity contribution in [3.05, 3.63) is 65.7 Å². The number of rotatable bonds is 10. The molecule has 2 aromatic rings. The van der Waals surface area contributed by atoms with Crippen LogP contribution in [0.15, 0.2) is 54.6 Å². The molecule has 0 aliphatic rings. The second-order valence-electron chi connectivity index (χ2n) is 6.47. The van der Waals surface area contributed by atoms with E-state index in [1.54, 1.807) is 4.90 Å². The van der Waals surface area contributed by atoms with Crippen LogP contribution in [0.3, 0.4) is 0 Å². The zero-order valence-electron chi connectivity index (χ0n) is 16.1. The fourth-order valence-corrected chi connectivity index (χ4v) is 2.55. The van der Waals surface area contributed by atoms with E-state index in [1.165, 1.54) is 0 Å². The molecule has 2 rings (SSSR count). The number of ether oxygens (including phenoxy) is 1. The first-order chi connectivity index (χ1) is 13.1. The Labute approximate surface area is 161 Å². The molecular weight excluding hydrogens is 340 g/mol. The number of unbranched alkanes of at least 4 members (excludes halogenated alkanes) is 1. The Balaban J connectivity index is 1.72. The van der Waals surface area contributed by atoms with Crippen LogP contribution in [0.1, 0.15) is 42.1 Å². The van der Waals surface area contributed by atoms with Crippen molar-refractivity contribution in [3.8, 4) is 5.75 Å². The highest BCUT2D eigenvalue weighted by Gasteiger charge is 2.11. The van der Waals surface area contributed by atoms with Crippen LogP contribution < -0.4 is 10.1 Å². The molecule has 0 aromatic heterocycles. The van der Waals surface area contributed by atoms with Gasteiger partial charge in [0.1, 0.15) is 5.75 Å². The van der Waals surface area contributed by atoms with Gasteiger partial charge in [-0.05, 0) is 36.2 Å². The summed E-state index contributed by atoms with van der Waals surface area (Å²) < 4.78 is 5.52. The molecule has 2 aromatic carbocycles. The van der Waals surface area contributed by atoms with Crippen LogP contribution in [0.2, 0.25) is 0 Å². The molecule has 0 saturated carbocycles.